The van der Waals surface area contributed by atoms with Crippen molar-refractivity contribution >= 4 is 5.97 Å². The Kier molecular flexibility index (Phi) is 5.26. The van der Waals surface area contributed by atoms with Crippen LogP contribution in [0.2, 0.25) is 0 Å². The third kappa shape index (κ3) is 4.20. The quantitative estimate of drug-likeness (QED) is 0.885. The van der Waals surface area contributed by atoms with Crippen molar-refractivity contribution in [1.82, 2.24) is 9.88 Å². The van der Waals surface area contributed by atoms with Crippen LogP contribution in [0, 0.1) is 5.92 Å². The fourth-order valence-electron chi connectivity index (χ4n) is 3.33. The molecule has 0 aliphatic carbocycles. The van der Waals surface area contributed by atoms with Crippen LogP contribution in [0.25, 0.3) is 0 Å². The third-order valence-corrected chi connectivity index (χ3v) is 4.78. The van der Waals surface area contributed by atoms with Crippen LogP contribution in [-0.4, -0.2) is 34.0 Å². The van der Waals surface area contributed by atoms with E-state index in [2.05, 4.69) is 28.9 Å². The average Bonchev–Trinajstić information content (AvgIpc) is 3.03. The Morgan fingerprint density at radius 1 is 1.21 bits per heavy atom. The van der Waals surface area contributed by atoms with Gasteiger partial charge in [0, 0.05) is 19.3 Å². The number of nitrogens with zero attached hydrogens (tertiary/aromatic N) is 2. The van der Waals surface area contributed by atoms with Crippen molar-refractivity contribution in [2.45, 2.75) is 32.7 Å². The Bertz CT molecular complexity index is 680. The van der Waals surface area contributed by atoms with Gasteiger partial charge in [0.1, 0.15) is 0 Å². The molecule has 2 aromatic rings. The second-order valence-corrected chi connectivity index (χ2v) is 6.61. The summed E-state index contributed by atoms with van der Waals surface area (Å²) in [6.45, 7) is 5.25. The Morgan fingerprint density at radius 3 is 2.58 bits per heavy atom. The van der Waals surface area contributed by atoms with E-state index in [4.69, 9.17) is 5.11 Å². The number of carboxylic acids is 1. The molecule has 1 unspecified atom stereocenters. The number of benzene rings is 1. The maximum absolute atomic E-state index is 10.9. The van der Waals surface area contributed by atoms with E-state index in [-0.39, 0.29) is 0 Å². The van der Waals surface area contributed by atoms with E-state index in [0.29, 0.717) is 11.5 Å². The number of likely N-dealkylation sites (tertiary alicyclic amines) is 1. The molecule has 1 fully saturated rings. The lowest BCUT2D eigenvalue weighted by Crippen LogP contribution is -2.21. The number of aromatic nitrogens is 1. The first kappa shape index (κ1) is 16.7. The number of pyridine rings is 1. The normalized spacial score (nSPS) is 18.0. The van der Waals surface area contributed by atoms with E-state index >= 15 is 0 Å². The summed E-state index contributed by atoms with van der Waals surface area (Å²) in [6.07, 6.45) is 5.21. The zero-order valence-corrected chi connectivity index (χ0v) is 14.1. The predicted octanol–water partition coefficient (Wildman–Crippen LogP) is 3.41. The van der Waals surface area contributed by atoms with Gasteiger partial charge in [0.05, 0.1) is 11.3 Å². The minimum absolute atomic E-state index is 0.355. The maximum Gasteiger partial charge on any atom is 0.335 e. The Hall–Kier alpha value is -2.20. The molecule has 24 heavy (non-hydrogen) atoms. The van der Waals surface area contributed by atoms with Gasteiger partial charge in [-0.3, -0.25) is 9.88 Å². The van der Waals surface area contributed by atoms with Crippen molar-refractivity contribution in [2.75, 3.05) is 13.1 Å². The van der Waals surface area contributed by atoms with E-state index in [1.165, 1.54) is 17.5 Å². The number of carbonyl (C=O) groups is 1. The number of hydrogen-bond acceptors (Lipinski definition) is 3. The summed E-state index contributed by atoms with van der Waals surface area (Å²) in [5, 5.41) is 8.96. The summed E-state index contributed by atoms with van der Waals surface area (Å²) in [6, 6.07) is 11.6. The summed E-state index contributed by atoms with van der Waals surface area (Å²) < 4.78 is 0. The highest BCUT2D eigenvalue weighted by atomic mass is 16.4. The maximum atomic E-state index is 10.9. The summed E-state index contributed by atoms with van der Waals surface area (Å²) in [5.74, 6) is -0.231. The minimum Gasteiger partial charge on any atom is -0.478 e. The highest BCUT2D eigenvalue weighted by Gasteiger charge is 2.23. The lowest BCUT2D eigenvalue weighted by atomic mass is 9.98. The zero-order valence-electron chi connectivity index (χ0n) is 14.1. The van der Waals surface area contributed by atoms with Crippen LogP contribution in [0.4, 0.5) is 0 Å². The molecule has 1 N–H and O–H groups in total. The second-order valence-electron chi connectivity index (χ2n) is 6.61. The van der Waals surface area contributed by atoms with Gasteiger partial charge in [-0.25, -0.2) is 4.79 Å². The molecule has 1 atom stereocenters. The highest BCUT2D eigenvalue weighted by molar-refractivity contribution is 5.87. The number of aryl methyl sites for hydroxylation is 1. The van der Waals surface area contributed by atoms with E-state index in [1.54, 1.807) is 12.1 Å². The molecule has 0 radical (unpaired) electrons. The van der Waals surface area contributed by atoms with Crippen LogP contribution in [0.5, 0.6) is 0 Å². The Balaban J connectivity index is 1.52. The van der Waals surface area contributed by atoms with Gasteiger partial charge in [0.25, 0.3) is 0 Å². The molecule has 1 aromatic carbocycles. The first-order valence-corrected chi connectivity index (χ1v) is 8.62. The first-order valence-electron chi connectivity index (χ1n) is 8.62. The molecule has 4 heteroatoms. The SMILES string of the molecule is CCc1ccc(CN2CCC(Cc3ccc(C(=O)O)cc3)C2)nc1. The third-order valence-electron chi connectivity index (χ3n) is 4.78. The smallest absolute Gasteiger partial charge is 0.335 e. The monoisotopic (exact) mass is 324 g/mol. The fourth-order valence-corrected chi connectivity index (χ4v) is 3.33. The summed E-state index contributed by atoms with van der Waals surface area (Å²) in [7, 11) is 0. The second kappa shape index (κ2) is 7.58. The van der Waals surface area contributed by atoms with Gasteiger partial charge in [0.2, 0.25) is 0 Å². The number of aromatic carboxylic acids is 1. The van der Waals surface area contributed by atoms with Gasteiger partial charge >= 0.3 is 5.97 Å². The van der Waals surface area contributed by atoms with Crippen LogP contribution in [0.15, 0.2) is 42.6 Å². The van der Waals surface area contributed by atoms with E-state index in [1.807, 2.05) is 18.3 Å². The van der Waals surface area contributed by atoms with Crippen molar-refractivity contribution in [1.29, 1.82) is 0 Å². The Labute approximate surface area is 143 Å². The van der Waals surface area contributed by atoms with Gasteiger partial charge in [0.15, 0.2) is 0 Å². The summed E-state index contributed by atoms with van der Waals surface area (Å²) in [5.41, 5.74) is 3.99. The van der Waals surface area contributed by atoms with Crippen LogP contribution < -0.4 is 0 Å². The molecule has 4 nitrogen and oxygen atoms in total. The van der Waals surface area contributed by atoms with E-state index < -0.39 is 5.97 Å². The fraction of sp³-hybridized carbons (Fsp3) is 0.400. The minimum atomic E-state index is -0.866. The Morgan fingerprint density at radius 2 is 1.96 bits per heavy atom. The summed E-state index contributed by atoms with van der Waals surface area (Å²) >= 11 is 0. The van der Waals surface area contributed by atoms with Crippen molar-refractivity contribution in [3.63, 3.8) is 0 Å². The molecule has 1 aliphatic heterocycles. The molecule has 1 saturated heterocycles. The molecule has 126 valence electrons. The van der Waals surface area contributed by atoms with Gasteiger partial charge < -0.3 is 5.11 Å². The van der Waals surface area contributed by atoms with Crippen LogP contribution in [0.3, 0.4) is 0 Å². The van der Waals surface area contributed by atoms with Gasteiger partial charge in [-0.1, -0.05) is 25.1 Å². The predicted molar refractivity (Wildman–Crippen MR) is 94.1 cm³/mol. The number of rotatable bonds is 6. The molecule has 3 rings (SSSR count). The largest absolute Gasteiger partial charge is 0.478 e. The molecule has 0 amide bonds. The first-order chi connectivity index (χ1) is 11.6. The lowest BCUT2D eigenvalue weighted by Gasteiger charge is -2.16. The van der Waals surface area contributed by atoms with Gasteiger partial charge in [-0.05, 0) is 61.1 Å². The van der Waals surface area contributed by atoms with Crippen molar-refractivity contribution in [3.05, 3.63) is 65.0 Å². The molecule has 1 aromatic heterocycles. The van der Waals surface area contributed by atoms with Crippen LogP contribution >= 0.6 is 0 Å². The molecule has 0 saturated carbocycles. The van der Waals surface area contributed by atoms with E-state index in [9.17, 15) is 4.79 Å². The van der Waals surface area contributed by atoms with Crippen LogP contribution in [-0.2, 0) is 19.4 Å². The molecule has 0 bridgehead atoms. The number of carboxylic acid groups (broad SMARTS) is 1. The molecule has 1 aliphatic rings. The number of hydrogen-bond donors (Lipinski definition) is 1. The zero-order chi connectivity index (χ0) is 16.9. The van der Waals surface area contributed by atoms with Crippen molar-refractivity contribution in [3.8, 4) is 0 Å². The lowest BCUT2D eigenvalue weighted by molar-refractivity contribution is 0.0697. The average molecular weight is 324 g/mol. The van der Waals surface area contributed by atoms with Gasteiger partial charge in [-0.15, -0.1) is 0 Å². The molecular formula is C20H24N2O2. The van der Waals surface area contributed by atoms with Crippen LogP contribution in [0.1, 0.15) is 40.5 Å². The topological polar surface area (TPSA) is 53.4 Å². The molecule has 0 spiro atoms. The highest BCUT2D eigenvalue weighted by Crippen LogP contribution is 2.22. The van der Waals surface area contributed by atoms with Crippen molar-refractivity contribution in [2.24, 2.45) is 5.92 Å². The van der Waals surface area contributed by atoms with Crippen molar-refractivity contribution < 1.29 is 9.90 Å². The standard InChI is InChI=1S/C20H24N2O2/c1-2-15-5-8-19(21-12-15)14-22-10-9-17(13-22)11-16-3-6-18(7-4-16)20(23)24/h3-8,12,17H,2,9-11,13-14H2,1H3,(H,23,24). The van der Waals surface area contributed by atoms with E-state index in [0.717, 1.165) is 38.2 Å². The summed E-state index contributed by atoms with van der Waals surface area (Å²) in [4.78, 5) is 17.9. The van der Waals surface area contributed by atoms with Gasteiger partial charge in [-0.2, -0.15) is 0 Å². The molecule has 2 heterocycles. The molecular weight excluding hydrogens is 300 g/mol.